The third kappa shape index (κ3) is 4.00. The molecule has 1 aliphatic rings. The standard InChI is InChI=1S/C28H25F2NO3/c1-16-10-11-18(28(2,3)4)14-20(16)25(32)23-24(17-8-6-5-7-9-17)31(27(34)26(23)33)22-15-19(29)12-13-21(22)30/h5-15,24,32H,1-4H3/b25-23+. The van der Waals surface area contributed by atoms with Crippen molar-refractivity contribution in [1.82, 2.24) is 0 Å². The molecule has 0 spiro atoms. The molecule has 0 saturated carbocycles. The van der Waals surface area contributed by atoms with Crippen molar-refractivity contribution in [3.63, 3.8) is 0 Å². The molecule has 1 fully saturated rings. The van der Waals surface area contributed by atoms with Gasteiger partial charge in [0.15, 0.2) is 0 Å². The molecule has 34 heavy (non-hydrogen) atoms. The maximum absolute atomic E-state index is 14.8. The van der Waals surface area contributed by atoms with Gasteiger partial charge in [-0.05, 0) is 47.2 Å². The van der Waals surface area contributed by atoms with Crippen LogP contribution < -0.4 is 4.90 Å². The van der Waals surface area contributed by atoms with E-state index in [1.807, 2.05) is 32.9 Å². The van der Waals surface area contributed by atoms with Crippen LogP contribution in [0.1, 0.15) is 49.1 Å². The Hall–Kier alpha value is -3.80. The van der Waals surface area contributed by atoms with Crippen molar-refractivity contribution in [3.8, 4) is 0 Å². The number of aliphatic hydroxyl groups excluding tert-OH is 1. The van der Waals surface area contributed by atoms with Crippen LogP contribution in [0, 0.1) is 18.6 Å². The van der Waals surface area contributed by atoms with E-state index in [0.29, 0.717) is 16.7 Å². The fourth-order valence-corrected chi connectivity index (χ4v) is 4.19. The number of benzene rings is 3. The summed E-state index contributed by atoms with van der Waals surface area (Å²) in [5.74, 6) is -3.95. The summed E-state index contributed by atoms with van der Waals surface area (Å²) in [4.78, 5) is 27.3. The highest BCUT2D eigenvalue weighted by Gasteiger charge is 2.48. The predicted octanol–water partition coefficient (Wildman–Crippen LogP) is 6.20. The Morgan fingerprint density at radius 3 is 2.26 bits per heavy atom. The molecule has 0 radical (unpaired) electrons. The minimum atomic E-state index is -1.13. The number of aliphatic hydroxyl groups is 1. The minimum Gasteiger partial charge on any atom is -0.507 e. The van der Waals surface area contributed by atoms with E-state index in [4.69, 9.17) is 0 Å². The van der Waals surface area contributed by atoms with Crippen molar-refractivity contribution in [2.45, 2.75) is 39.2 Å². The van der Waals surface area contributed by atoms with Crippen LogP contribution in [0.5, 0.6) is 0 Å². The Bertz CT molecular complexity index is 1320. The number of hydrogen-bond acceptors (Lipinski definition) is 3. The fraction of sp³-hybridized carbons (Fsp3) is 0.214. The molecule has 174 valence electrons. The summed E-state index contributed by atoms with van der Waals surface area (Å²) in [7, 11) is 0. The van der Waals surface area contributed by atoms with Crippen LogP contribution in [0.15, 0.2) is 72.3 Å². The largest absolute Gasteiger partial charge is 0.507 e. The molecule has 1 saturated heterocycles. The maximum atomic E-state index is 14.8. The molecular weight excluding hydrogens is 436 g/mol. The zero-order chi connectivity index (χ0) is 24.8. The Balaban J connectivity index is 2.00. The lowest BCUT2D eigenvalue weighted by Crippen LogP contribution is -2.30. The van der Waals surface area contributed by atoms with Gasteiger partial charge in [0.25, 0.3) is 11.7 Å². The maximum Gasteiger partial charge on any atom is 0.300 e. The number of ketones is 1. The van der Waals surface area contributed by atoms with Crippen molar-refractivity contribution in [1.29, 1.82) is 0 Å². The molecule has 4 rings (SSSR count). The summed E-state index contributed by atoms with van der Waals surface area (Å²) in [5, 5.41) is 11.4. The van der Waals surface area contributed by atoms with Crippen LogP contribution >= 0.6 is 0 Å². The topological polar surface area (TPSA) is 57.6 Å². The van der Waals surface area contributed by atoms with Gasteiger partial charge in [0.05, 0.1) is 17.3 Å². The van der Waals surface area contributed by atoms with Crippen LogP contribution in [-0.4, -0.2) is 16.8 Å². The summed E-state index contributed by atoms with van der Waals surface area (Å²) in [5.41, 5.74) is 1.77. The summed E-state index contributed by atoms with van der Waals surface area (Å²) in [6, 6.07) is 15.7. The number of aryl methyl sites for hydroxylation is 1. The molecule has 3 aromatic carbocycles. The van der Waals surface area contributed by atoms with E-state index in [2.05, 4.69) is 0 Å². The van der Waals surface area contributed by atoms with Gasteiger partial charge in [0.2, 0.25) is 0 Å². The monoisotopic (exact) mass is 461 g/mol. The molecule has 0 aromatic heterocycles. The molecule has 6 heteroatoms. The lowest BCUT2D eigenvalue weighted by molar-refractivity contribution is -0.132. The Kier molecular flexibility index (Phi) is 5.86. The van der Waals surface area contributed by atoms with Gasteiger partial charge in [-0.25, -0.2) is 8.78 Å². The van der Waals surface area contributed by atoms with Gasteiger partial charge >= 0.3 is 0 Å². The van der Waals surface area contributed by atoms with Crippen LogP contribution in [0.25, 0.3) is 5.76 Å². The number of nitrogens with zero attached hydrogens (tertiary/aromatic N) is 1. The number of anilines is 1. The number of amides is 1. The van der Waals surface area contributed by atoms with E-state index < -0.39 is 29.4 Å². The molecule has 0 aliphatic carbocycles. The molecular formula is C28H25F2NO3. The van der Waals surface area contributed by atoms with Gasteiger partial charge in [0, 0.05) is 11.6 Å². The molecule has 1 N–H and O–H groups in total. The second-order valence-corrected chi connectivity index (χ2v) is 9.46. The quantitative estimate of drug-likeness (QED) is 0.287. The lowest BCUT2D eigenvalue weighted by atomic mass is 9.84. The number of hydrogen-bond donors (Lipinski definition) is 1. The second-order valence-electron chi connectivity index (χ2n) is 9.46. The van der Waals surface area contributed by atoms with Crippen LogP contribution in [0.2, 0.25) is 0 Å². The summed E-state index contributed by atoms with van der Waals surface area (Å²) >= 11 is 0. The second kappa shape index (κ2) is 8.52. The number of rotatable bonds is 3. The van der Waals surface area contributed by atoms with Gasteiger partial charge in [-0.2, -0.15) is 0 Å². The first-order valence-electron chi connectivity index (χ1n) is 10.9. The first-order chi connectivity index (χ1) is 16.0. The van der Waals surface area contributed by atoms with Crippen molar-refractivity contribution in [2.24, 2.45) is 0 Å². The molecule has 1 heterocycles. The van der Waals surface area contributed by atoms with E-state index >= 15 is 0 Å². The SMILES string of the molecule is Cc1ccc(C(C)(C)C)cc1/C(O)=C1\C(=O)C(=O)N(c2cc(F)ccc2F)C1c1ccccc1. The Labute approximate surface area is 197 Å². The smallest absolute Gasteiger partial charge is 0.300 e. The third-order valence-electron chi connectivity index (χ3n) is 6.09. The van der Waals surface area contributed by atoms with Crippen LogP contribution in [0.4, 0.5) is 14.5 Å². The van der Waals surface area contributed by atoms with Gasteiger partial charge < -0.3 is 5.11 Å². The van der Waals surface area contributed by atoms with Crippen LogP contribution in [0.3, 0.4) is 0 Å². The highest BCUT2D eigenvalue weighted by molar-refractivity contribution is 6.51. The van der Waals surface area contributed by atoms with E-state index in [1.165, 1.54) is 0 Å². The normalized spacial score (nSPS) is 17.9. The number of halogens is 2. The molecule has 3 aromatic rings. The van der Waals surface area contributed by atoms with Crippen molar-refractivity contribution in [3.05, 3.63) is 106 Å². The molecule has 1 aliphatic heterocycles. The first kappa shape index (κ1) is 23.4. The fourth-order valence-electron chi connectivity index (χ4n) is 4.19. The number of Topliss-reactive ketones (excluding diaryl/α,β-unsaturated/α-hetero) is 1. The molecule has 4 nitrogen and oxygen atoms in total. The van der Waals surface area contributed by atoms with Crippen molar-refractivity contribution in [2.75, 3.05) is 4.90 Å². The Morgan fingerprint density at radius 2 is 1.62 bits per heavy atom. The average molecular weight is 462 g/mol. The van der Waals surface area contributed by atoms with E-state index in [-0.39, 0.29) is 22.4 Å². The summed E-state index contributed by atoms with van der Waals surface area (Å²) < 4.78 is 28.8. The van der Waals surface area contributed by atoms with Gasteiger partial charge in [-0.1, -0.05) is 63.2 Å². The number of carbonyl (C=O) groups is 2. The zero-order valence-corrected chi connectivity index (χ0v) is 19.4. The van der Waals surface area contributed by atoms with Crippen LogP contribution in [-0.2, 0) is 15.0 Å². The number of carbonyl (C=O) groups excluding carboxylic acids is 2. The molecule has 1 amide bonds. The third-order valence-corrected chi connectivity index (χ3v) is 6.09. The van der Waals surface area contributed by atoms with Crippen molar-refractivity contribution < 1.29 is 23.5 Å². The van der Waals surface area contributed by atoms with E-state index in [0.717, 1.165) is 28.7 Å². The van der Waals surface area contributed by atoms with E-state index in [9.17, 15) is 23.5 Å². The zero-order valence-electron chi connectivity index (χ0n) is 19.4. The first-order valence-corrected chi connectivity index (χ1v) is 10.9. The minimum absolute atomic E-state index is 0.172. The van der Waals surface area contributed by atoms with Gasteiger partial charge in [-0.15, -0.1) is 0 Å². The lowest BCUT2D eigenvalue weighted by Gasteiger charge is -2.26. The highest BCUT2D eigenvalue weighted by Crippen LogP contribution is 2.43. The average Bonchev–Trinajstić information content (AvgIpc) is 3.05. The summed E-state index contributed by atoms with van der Waals surface area (Å²) in [6.45, 7) is 7.87. The molecule has 1 unspecified atom stereocenters. The molecule has 0 bridgehead atoms. The molecule has 1 atom stereocenters. The summed E-state index contributed by atoms with van der Waals surface area (Å²) in [6.07, 6.45) is 0. The van der Waals surface area contributed by atoms with Gasteiger partial charge in [-0.3, -0.25) is 14.5 Å². The highest BCUT2D eigenvalue weighted by atomic mass is 19.1. The van der Waals surface area contributed by atoms with Gasteiger partial charge in [0.1, 0.15) is 17.4 Å². The van der Waals surface area contributed by atoms with E-state index in [1.54, 1.807) is 43.3 Å². The Morgan fingerprint density at radius 1 is 0.941 bits per heavy atom. The van der Waals surface area contributed by atoms with Crippen molar-refractivity contribution >= 4 is 23.1 Å². The predicted molar refractivity (Wildman–Crippen MR) is 127 cm³/mol.